The maximum atomic E-state index is 12.0. The fraction of sp³-hybridized carbons (Fsp3) is 0.200. The van der Waals surface area contributed by atoms with Gasteiger partial charge in [-0.25, -0.2) is 9.59 Å². The summed E-state index contributed by atoms with van der Waals surface area (Å²) in [6.45, 7) is 0. The molecule has 0 aliphatic rings. The second-order valence-corrected chi connectivity index (χ2v) is 5.84. The zero-order valence-corrected chi connectivity index (χ0v) is 15.7. The number of carbonyl (C=O) groups excluding carboxylic acids is 1. The van der Waals surface area contributed by atoms with Crippen LogP contribution in [0.1, 0.15) is 11.1 Å². The molecule has 0 aliphatic heterocycles. The number of aliphatic carboxylic acids is 1. The molecule has 0 aromatic heterocycles. The van der Waals surface area contributed by atoms with Gasteiger partial charge in [0.15, 0.2) is 11.5 Å². The molecule has 9 nitrogen and oxygen atoms in total. The second-order valence-electron chi connectivity index (χ2n) is 5.84. The third-order valence-corrected chi connectivity index (χ3v) is 3.92. The summed E-state index contributed by atoms with van der Waals surface area (Å²) in [6, 6.07) is 10.4. The van der Waals surface area contributed by atoms with E-state index >= 15 is 0 Å². The highest BCUT2D eigenvalue weighted by Crippen LogP contribution is 2.28. The molecule has 2 rings (SSSR count). The van der Waals surface area contributed by atoms with Crippen LogP contribution in [0.4, 0.5) is 5.69 Å². The lowest BCUT2D eigenvalue weighted by Gasteiger charge is -2.14. The molecule has 0 amide bonds. The van der Waals surface area contributed by atoms with Gasteiger partial charge in [-0.15, -0.1) is 0 Å². The molecule has 0 aliphatic carbocycles. The van der Waals surface area contributed by atoms with E-state index in [2.05, 4.69) is 0 Å². The summed E-state index contributed by atoms with van der Waals surface area (Å²) in [4.78, 5) is 33.6. The highest BCUT2D eigenvalue weighted by Gasteiger charge is 2.22. The number of methoxy groups -OCH3 is 2. The van der Waals surface area contributed by atoms with Crippen molar-refractivity contribution in [3.8, 4) is 11.5 Å². The summed E-state index contributed by atoms with van der Waals surface area (Å²) < 4.78 is 15.3. The van der Waals surface area contributed by atoms with Crippen molar-refractivity contribution < 1.29 is 33.8 Å². The molecule has 0 bridgehead atoms. The molecule has 2 aromatic rings. The number of nitrogens with zero attached hydrogens (tertiary/aromatic N) is 1. The molecule has 1 unspecified atom stereocenters. The van der Waals surface area contributed by atoms with Gasteiger partial charge in [-0.3, -0.25) is 10.1 Å². The van der Waals surface area contributed by atoms with Crippen molar-refractivity contribution in [2.24, 2.45) is 0 Å². The van der Waals surface area contributed by atoms with Gasteiger partial charge in [0.05, 0.1) is 19.1 Å². The van der Waals surface area contributed by atoms with Crippen LogP contribution in [0.3, 0.4) is 0 Å². The minimum atomic E-state index is -1.40. The van der Waals surface area contributed by atoms with Gasteiger partial charge in [0.2, 0.25) is 6.10 Å². The van der Waals surface area contributed by atoms with Crippen molar-refractivity contribution in [1.29, 1.82) is 0 Å². The Morgan fingerprint density at radius 3 is 2.31 bits per heavy atom. The predicted octanol–water partition coefficient (Wildman–Crippen LogP) is 2.86. The summed E-state index contributed by atoms with van der Waals surface area (Å²) in [5, 5.41) is 20.0. The molecule has 152 valence electrons. The second kappa shape index (κ2) is 9.88. The average Bonchev–Trinajstić information content (AvgIpc) is 2.71. The summed E-state index contributed by atoms with van der Waals surface area (Å²) in [5.41, 5.74) is 1.03. The van der Waals surface area contributed by atoms with E-state index < -0.39 is 23.0 Å². The standard InChI is InChI=1S/C20H19NO8/c1-27-16-9-5-14(11-17(16)28-2)12-18(20(23)24)29-19(22)10-6-13-3-7-15(8-4-13)21(25)26/h3-11,18H,12H2,1-2H3,(H,23,24)/b10-6+. The number of rotatable bonds is 9. The minimum Gasteiger partial charge on any atom is -0.493 e. The van der Waals surface area contributed by atoms with Gasteiger partial charge >= 0.3 is 11.9 Å². The molecular weight excluding hydrogens is 382 g/mol. The molecule has 0 fully saturated rings. The van der Waals surface area contributed by atoms with E-state index in [1.54, 1.807) is 18.2 Å². The molecule has 0 saturated heterocycles. The summed E-state index contributed by atoms with van der Waals surface area (Å²) in [5.74, 6) is -1.22. The van der Waals surface area contributed by atoms with Gasteiger partial charge in [0.1, 0.15) is 0 Å². The molecule has 1 N–H and O–H groups in total. The minimum absolute atomic E-state index is 0.0627. The van der Waals surface area contributed by atoms with Crippen LogP contribution in [0.15, 0.2) is 48.5 Å². The van der Waals surface area contributed by atoms with E-state index in [1.807, 2.05) is 0 Å². The fourth-order valence-electron chi connectivity index (χ4n) is 2.45. The van der Waals surface area contributed by atoms with Crippen LogP contribution in [0.2, 0.25) is 0 Å². The number of non-ortho nitro benzene ring substituents is 1. The number of nitro groups is 1. The molecule has 2 aromatic carbocycles. The van der Waals surface area contributed by atoms with Gasteiger partial charge in [-0.1, -0.05) is 6.07 Å². The van der Waals surface area contributed by atoms with E-state index in [9.17, 15) is 24.8 Å². The molecule has 0 spiro atoms. The Labute approximate surface area is 166 Å². The van der Waals surface area contributed by atoms with E-state index in [-0.39, 0.29) is 12.1 Å². The maximum Gasteiger partial charge on any atom is 0.345 e. The summed E-state index contributed by atoms with van der Waals surface area (Å²) >= 11 is 0. The third kappa shape index (κ3) is 6.06. The first-order chi connectivity index (χ1) is 13.8. The molecule has 1 atom stereocenters. The normalized spacial score (nSPS) is 11.7. The number of esters is 1. The number of hydrogen-bond donors (Lipinski definition) is 1. The Bertz CT molecular complexity index is 921. The summed E-state index contributed by atoms with van der Waals surface area (Å²) in [7, 11) is 2.94. The number of carboxylic acid groups (broad SMARTS) is 1. The SMILES string of the molecule is COc1ccc(CC(OC(=O)/C=C/c2ccc([N+](=O)[O-])cc2)C(=O)O)cc1OC. The van der Waals surface area contributed by atoms with Crippen molar-refractivity contribution >= 4 is 23.7 Å². The van der Waals surface area contributed by atoms with Crippen LogP contribution in [-0.2, 0) is 20.7 Å². The van der Waals surface area contributed by atoms with Crippen LogP contribution >= 0.6 is 0 Å². The van der Waals surface area contributed by atoms with E-state index in [0.717, 1.165) is 6.08 Å². The summed E-state index contributed by atoms with van der Waals surface area (Å²) in [6.07, 6.45) is 0.974. The Morgan fingerprint density at radius 2 is 1.76 bits per heavy atom. The number of nitro benzene ring substituents is 1. The lowest BCUT2D eigenvalue weighted by Crippen LogP contribution is -2.28. The van der Waals surface area contributed by atoms with Crippen LogP contribution in [0.5, 0.6) is 11.5 Å². The first kappa shape index (κ1) is 21.4. The molecule has 9 heteroatoms. The van der Waals surface area contributed by atoms with Crippen LogP contribution < -0.4 is 9.47 Å². The zero-order chi connectivity index (χ0) is 21.4. The van der Waals surface area contributed by atoms with Gasteiger partial charge < -0.3 is 19.3 Å². The Balaban J connectivity index is 2.05. The maximum absolute atomic E-state index is 12.0. The first-order valence-electron chi connectivity index (χ1n) is 8.41. The quantitative estimate of drug-likeness (QED) is 0.294. The largest absolute Gasteiger partial charge is 0.493 e. The molecule has 0 heterocycles. The average molecular weight is 401 g/mol. The molecule has 0 radical (unpaired) electrons. The Kier molecular flexibility index (Phi) is 7.30. The van der Waals surface area contributed by atoms with Gasteiger partial charge in [-0.2, -0.15) is 0 Å². The molecule has 29 heavy (non-hydrogen) atoms. The third-order valence-electron chi connectivity index (χ3n) is 3.92. The first-order valence-corrected chi connectivity index (χ1v) is 8.41. The topological polar surface area (TPSA) is 125 Å². The lowest BCUT2D eigenvalue weighted by molar-refractivity contribution is -0.384. The smallest absolute Gasteiger partial charge is 0.345 e. The Hall–Kier alpha value is -3.88. The van der Waals surface area contributed by atoms with Gasteiger partial charge in [0.25, 0.3) is 5.69 Å². The van der Waals surface area contributed by atoms with Crippen LogP contribution in [-0.4, -0.2) is 42.3 Å². The van der Waals surface area contributed by atoms with E-state index in [1.165, 1.54) is 44.6 Å². The van der Waals surface area contributed by atoms with Crippen LogP contribution in [0, 0.1) is 10.1 Å². The van der Waals surface area contributed by atoms with Gasteiger partial charge in [-0.05, 0) is 41.5 Å². The molecule has 0 saturated carbocycles. The molecular formula is C20H19NO8. The number of ether oxygens (including phenoxy) is 3. The van der Waals surface area contributed by atoms with E-state index in [4.69, 9.17) is 14.2 Å². The van der Waals surface area contributed by atoms with E-state index in [0.29, 0.717) is 22.6 Å². The fourth-order valence-corrected chi connectivity index (χ4v) is 2.45. The highest BCUT2D eigenvalue weighted by molar-refractivity contribution is 5.89. The highest BCUT2D eigenvalue weighted by atomic mass is 16.6. The van der Waals surface area contributed by atoms with Gasteiger partial charge in [0, 0.05) is 24.6 Å². The predicted molar refractivity (Wildman–Crippen MR) is 103 cm³/mol. The zero-order valence-electron chi connectivity index (χ0n) is 15.7. The number of carbonyl (C=O) groups is 2. The lowest BCUT2D eigenvalue weighted by atomic mass is 10.1. The number of carboxylic acids is 1. The van der Waals surface area contributed by atoms with Crippen molar-refractivity contribution in [2.45, 2.75) is 12.5 Å². The Morgan fingerprint density at radius 1 is 1.10 bits per heavy atom. The van der Waals surface area contributed by atoms with Crippen molar-refractivity contribution in [3.05, 3.63) is 69.8 Å². The number of benzene rings is 2. The van der Waals surface area contributed by atoms with Crippen molar-refractivity contribution in [2.75, 3.05) is 14.2 Å². The monoisotopic (exact) mass is 401 g/mol. The number of hydrogen-bond acceptors (Lipinski definition) is 7. The van der Waals surface area contributed by atoms with Crippen molar-refractivity contribution in [1.82, 2.24) is 0 Å². The van der Waals surface area contributed by atoms with Crippen molar-refractivity contribution in [3.63, 3.8) is 0 Å². The van der Waals surface area contributed by atoms with Crippen LogP contribution in [0.25, 0.3) is 6.08 Å².